The van der Waals surface area contributed by atoms with Gasteiger partial charge in [0, 0.05) is 24.0 Å². The molecule has 2 rings (SSSR count). The van der Waals surface area contributed by atoms with E-state index in [-0.39, 0.29) is 29.5 Å². The minimum Gasteiger partial charge on any atom is -0.299 e. The maximum Gasteiger partial charge on any atom is 0.279 e. The molecule has 0 aromatic heterocycles. The van der Waals surface area contributed by atoms with Gasteiger partial charge in [0.25, 0.3) is 11.4 Å². The van der Waals surface area contributed by atoms with E-state index in [2.05, 4.69) is 0 Å². The van der Waals surface area contributed by atoms with Crippen molar-refractivity contribution in [1.82, 2.24) is 0 Å². The summed E-state index contributed by atoms with van der Waals surface area (Å²) in [5.41, 5.74) is -0.210. The van der Waals surface area contributed by atoms with Gasteiger partial charge in [0.1, 0.15) is 5.78 Å². The average molecular weight is 264 g/mol. The molecule has 0 amide bonds. The van der Waals surface area contributed by atoms with Crippen LogP contribution in [0.5, 0.6) is 0 Å². The highest BCUT2D eigenvalue weighted by molar-refractivity contribution is 5.83. The largest absolute Gasteiger partial charge is 0.299 e. The molecule has 1 fully saturated rings. The molecule has 0 aliphatic heterocycles. The Morgan fingerprint density at radius 3 is 2.47 bits per heavy atom. The molecule has 7 nitrogen and oxygen atoms in total. The first kappa shape index (κ1) is 13.1. The number of hydrogen-bond acceptors (Lipinski definition) is 5. The Bertz CT molecular complexity index is 555. The zero-order valence-corrected chi connectivity index (χ0v) is 10.1. The molecule has 0 radical (unpaired) electrons. The van der Waals surface area contributed by atoms with Crippen molar-refractivity contribution in [3.8, 4) is 0 Å². The third-order valence-corrected chi connectivity index (χ3v) is 3.37. The van der Waals surface area contributed by atoms with Gasteiger partial charge in [0.05, 0.1) is 15.9 Å². The van der Waals surface area contributed by atoms with E-state index < -0.39 is 9.85 Å². The first-order valence-electron chi connectivity index (χ1n) is 5.93. The van der Waals surface area contributed by atoms with Crippen molar-refractivity contribution in [1.29, 1.82) is 0 Å². The van der Waals surface area contributed by atoms with Crippen LogP contribution in [0.3, 0.4) is 0 Å². The highest BCUT2D eigenvalue weighted by Gasteiger charge is 2.28. The second kappa shape index (κ2) is 5.13. The number of hydrogen-bond donors (Lipinski definition) is 0. The van der Waals surface area contributed by atoms with E-state index in [0.29, 0.717) is 12.0 Å². The Morgan fingerprint density at radius 2 is 1.95 bits per heavy atom. The average Bonchev–Trinajstić information content (AvgIpc) is 2.75. The van der Waals surface area contributed by atoms with Crippen LogP contribution in [-0.2, 0) is 11.2 Å². The van der Waals surface area contributed by atoms with Gasteiger partial charge in [0.2, 0.25) is 0 Å². The maximum atomic E-state index is 11.6. The first-order valence-corrected chi connectivity index (χ1v) is 5.93. The topological polar surface area (TPSA) is 103 Å². The lowest BCUT2D eigenvalue weighted by Crippen LogP contribution is -2.11. The molecule has 1 aliphatic rings. The summed E-state index contributed by atoms with van der Waals surface area (Å²) in [4.78, 5) is 31.8. The van der Waals surface area contributed by atoms with E-state index in [0.717, 1.165) is 18.9 Å². The number of nitro benzene ring substituents is 2. The summed E-state index contributed by atoms with van der Waals surface area (Å²) in [5, 5.41) is 21.6. The number of nitrogens with zero attached hydrogens (tertiary/aromatic N) is 2. The normalized spacial score (nSPS) is 18.5. The highest BCUT2D eigenvalue weighted by Crippen LogP contribution is 2.31. The Kier molecular flexibility index (Phi) is 3.55. The summed E-state index contributed by atoms with van der Waals surface area (Å²) in [6, 6.07) is 3.57. The minimum absolute atomic E-state index is 0.118. The Hall–Kier alpha value is -2.31. The third kappa shape index (κ3) is 2.75. The van der Waals surface area contributed by atoms with Crippen molar-refractivity contribution in [3.63, 3.8) is 0 Å². The molecular weight excluding hydrogens is 252 g/mol. The van der Waals surface area contributed by atoms with Crippen molar-refractivity contribution in [2.45, 2.75) is 25.7 Å². The summed E-state index contributed by atoms with van der Waals surface area (Å²) in [7, 11) is 0. The van der Waals surface area contributed by atoms with Gasteiger partial charge in [0.15, 0.2) is 0 Å². The zero-order valence-electron chi connectivity index (χ0n) is 10.1. The Morgan fingerprint density at radius 1 is 1.21 bits per heavy atom. The molecule has 19 heavy (non-hydrogen) atoms. The molecule has 0 N–H and O–H groups in total. The predicted octanol–water partition coefficient (Wildman–Crippen LogP) is 2.41. The van der Waals surface area contributed by atoms with Crippen LogP contribution >= 0.6 is 0 Å². The molecule has 0 unspecified atom stereocenters. The van der Waals surface area contributed by atoms with E-state index in [1.54, 1.807) is 0 Å². The number of ketones is 1. The lowest BCUT2D eigenvalue weighted by molar-refractivity contribution is -0.394. The van der Waals surface area contributed by atoms with Crippen LogP contribution in [0.4, 0.5) is 11.4 Å². The standard InChI is InChI=1S/C12H12N2O5/c15-12-3-1-2-9(12)6-8-4-5-10(13(16)17)7-11(8)14(18)19/h4-5,7,9H,1-3,6H2/t9-/m1/s1. The molecule has 1 aromatic rings. The fraction of sp³-hybridized carbons (Fsp3) is 0.417. The van der Waals surface area contributed by atoms with Crippen molar-refractivity contribution < 1.29 is 14.6 Å². The van der Waals surface area contributed by atoms with Crippen molar-refractivity contribution >= 4 is 17.2 Å². The molecule has 0 saturated heterocycles. The van der Waals surface area contributed by atoms with Crippen LogP contribution in [0.25, 0.3) is 0 Å². The van der Waals surface area contributed by atoms with Crippen LogP contribution in [0.2, 0.25) is 0 Å². The minimum atomic E-state index is -0.669. The van der Waals surface area contributed by atoms with Crippen LogP contribution in [0.15, 0.2) is 18.2 Å². The zero-order chi connectivity index (χ0) is 14.0. The summed E-state index contributed by atoms with van der Waals surface area (Å²) < 4.78 is 0. The number of benzene rings is 1. The Balaban J connectivity index is 2.31. The maximum absolute atomic E-state index is 11.6. The van der Waals surface area contributed by atoms with Crippen LogP contribution < -0.4 is 0 Å². The molecule has 0 spiro atoms. The number of carbonyl (C=O) groups is 1. The van der Waals surface area contributed by atoms with Crippen molar-refractivity contribution in [3.05, 3.63) is 44.0 Å². The number of carbonyl (C=O) groups excluding carboxylic acids is 1. The number of rotatable bonds is 4. The molecule has 7 heteroatoms. The first-order chi connectivity index (χ1) is 8.99. The van der Waals surface area contributed by atoms with Crippen molar-refractivity contribution in [2.24, 2.45) is 5.92 Å². The predicted molar refractivity (Wildman–Crippen MR) is 65.8 cm³/mol. The highest BCUT2D eigenvalue weighted by atomic mass is 16.6. The van der Waals surface area contributed by atoms with E-state index in [1.165, 1.54) is 12.1 Å². The van der Waals surface area contributed by atoms with E-state index in [4.69, 9.17) is 0 Å². The molecular formula is C12H12N2O5. The molecule has 1 atom stereocenters. The summed E-state index contributed by atoms with van der Waals surface area (Å²) >= 11 is 0. The molecule has 1 aromatic carbocycles. The smallest absolute Gasteiger partial charge is 0.279 e. The molecule has 1 saturated carbocycles. The lowest BCUT2D eigenvalue weighted by Gasteiger charge is -2.08. The summed E-state index contributed by atoms with van der Waals surface area (Å²) in [5.74, 6) is -0.0761. The lowest BCUT2D eigenvalue weighted by atomic mass is 9.96. The second-order valence-corrected chi connectivity index (χ2v) is 4.59. The second-order valence-electron chi connectivity index (χ2n) is 4.59. The van der Waals surface area contributed by atoms with E-state index >= 15 is 0 Å². The van der Waals surface area contributed by atoms with Gasteiger partial charge >= 0.3 is 0 Å². The molecule has 1 aliphatic carbocycles. The van der Waals surface area contributed by atoms with Crippen molar-refractivity contribution in [2.75, 3.05) is 0 Å². The van der Waals surface area contributed by atoms with E-state index in [9.17, 15) is 25.0 Å². The molecule has 0 bridgehead atoms. The number of nitro groups is 2. The van der Waals surface area contributed by atoms with Gasteiger partial charge in [-0.15, -0.1) is 0 Å². The molecule has 100 valence electrons. The van der Waals surface area contributed by atoms with Crippen LogP contribution in [0, 0.1) is 26.1 Å². The van der Waals surface area contributed by atoms with Gasteiger partial charge in [-0.25, -0.2) is 0 Å². The third-order valence-electron chi connectivity index (χ3n) is 3.37. The number of Topliss-reactive ketones (excluding diaryl/α,β-unsaturated/α-hetero) is 1. The number of non-ortho nitro benzene ring substituents is 1. The Labute approximate surface area is 108 Å². The van der Waals surface area contributed by atoms with Gasteiger partial charge < -0.3 is 0 Å². The van der Waals surface area contributed by atoms with Crippen LogP contribution in [-0.4, -0.2) is 15.6 Å². The monoisotopic (exact) mass is 264 g/mol. The fourth-order valence-electron chi connectivity index (χ4n) is 2.38. The van der Waals surface area contributed by atoms with Crippen LogP contribution in [0.1, 0.15) is 24.8 Å². The molecule has 0 heterocycles. The van der Waals surface area contributed by atoms with Gasteiger partial charge in [-0.1, -0.05) is 0 Å². The fourth-order valence-corrected chi connectivity index (χ4v) is 2.38. The SMILES string of the molecule is O=C1CCC[C@@H]1Cc1ccc([N+](=O)[O-])cc1[N+](=O)[O-]. The summed E-state index contributed by atoms with van der Waals surface area (Å²) in [6.07, 6.45) is 2.34. The quantitative estimate of drug-likeness (QED) is 0.613. The summed E-state index contributed by atoms with van der Waals surface area (Å²) in [6.45, 7) is 0. The van der Waals surface area contributed by atoms with Gasteiger partial charge in [-0.3, -0.25) is 25.0 Å². The van der Waals surface area contributed by atoms with Gasteiger partial charge in [-0.05, 0) is 25.3 Å². The van der Waals surface area contributed by atoms with Gasteiger partial charge in [-0.2, -0.15) is 0 Å². The van der Waals surface area contributed by atoms with E-state index in [1.807, 2.05) is 0 Å².